The van der Waals surface area contributed by atoms with E-state index in [-0.39, 0.29) is 0 Å². The quantitative estimate of drug-likeness (QED) is 0.942. The van der Waals surface area contributed by atoms with E-state index in [9.17, 15) is 0 Å². The number of anilines is 1. The molecule has 0 aliphatic rings. The average Bonchev–Trinajstić information content (AvgIpc) is 2.37. The Kier molecular flexibility index (Phi) is 3.73. The number of hydrogen-bond donors (Lipinski definition) is 1. The van der Waals surface area contributed by atoms with Gasteiger partial charge in [0.05, 0.1) is 5.56 Å². The first-order chi connectivity index (χ1) is 8.29. The van der Waals surface area contributed by atoms with E-state index in [0.717, 1.165) is 10.0 Å². The van der Waals surface area contributed by atoms with E-state index in [0.29, 0.717) is 17.9 Å². The van der Waals surface area contributed by atoms with E-state index < -0.39 is 0 Å². The first kappa shape index (κ1) is 11.6. The molecular weight excluding hydrogens is 278 g/mol. The molecule has 1 N–H and O–H groups in total. The summed E-state index contributed by atoms with van der Waals surface area (Å²) in [6.45, 7) is 0.644. The van der Waals surface area contributed by atoms with Crippen molar-refractivity contribution in [3.05, 3.63) is 58.2 Å². The van der Waals surface area contributed by atoms with Crippen LogP contribution in [0.15, 0.2) is 47.1 Å². The van der Waals surface area contributed by atoms with Gasteiger partial charge in [0.1, 0.15) is 11.9 Å². The molecule has 84 valence electrons. The van der Waals surface area contributed by atoms with Crippen LogP contribution in [0, 0.1) is 11.3 Å². The van der Waals surface area contributed by atoms with Gasteiger partial charge in [0, 0.05) is 17.2 Å². The summed E-state index contributed by atoms with van der Waals surface area (Å²) in [5.41, 5.74) is 1.69. The lowest BCUT2D eigenvalue weighted by atomic mass is 10.2. The van der Waals surface area contributed by atoms with Crippen LogP contribution in [0.1, 0.15) is 11.1 Å². The van der Waals surface area contributed by atoms with Crippen LogP contribution >= 0.6 is 15.9 Å². The monoisotopic (exact) mass is 287 g/mol. The van der Waals surface area contributed by atoms with Gasteiger partial charge in [-0.2, -0.15) is 5.26 Å². The van der Waals surface area contributed by atoms with Gasteiger partial charge >= 0.3 is 0 Å². The van der Waals surface area contributed by atoms with Crippen molar-refractivity contribution in [3.8, 4) is 6.07 Å². The van der Waals surface area contributed by atoms with Crippen LogP contribution < -0.4 is 5.32 Å². The highest BCUT2D eigenvalue weighted by Gasteiger charge is 2.01. The lowest BCUT2D eigenvalue weighted by molar-refractivity contribution is 1.10. The maximum absolute atomic E-state index is 8.92. The van der Waals surface area contributed by atoms with Crippen LogP contribution in [0.4, 0.5) is 5.82 Å². The first-order valence-corrected chi connectivity index (χ1v) is 5.92. The molecule has 3 nitrogen and oxygen atoms in total. The fourth-order valence-corrected chi connectivity index (χ4v) is 1.92. The normalized spacial score (nSPS) is 9.65. The Morgan fingerprint density at radius 2 is 2.18 bits per heavy atom. The second-order valence-corrected chi connectivity index (χ2v) is 4.41. The summed E-state index contributed by atoms with van der Waals surface area (Å²) in [7, 11) is 0. The van der Waals surface area contributed by atoms with Gasteiger partial charge < -0.3 is 5.32 Å². The van der Waals surface area contributed by atoms with E-state index >= 15 is 0 Å². The van der Waals surface area contributed by atoms with Gasteiger partial charge in [0.15, 0.2) is 0 Å². The van der Waals surface area contributed by atoms with E-state index in [4.69, 9.17) is 5.26 Å². The second kappa shape index (κ2) is 5.46. The molecule has 2 rings (SSSR count). The molecule has 4 heteroatoms. The summed E-state index contributed by atoms with van der Waals surface area (Å²) in [5.74, 6) is 0.620. The first-order valence-electron chi connectivity index (χ1n) is 5.13. The number of benzene rings is 1. The molecule has 0 atom stereocenters. The largest absolute Gasteiger partial charge is 0.365 e. The van der Waals surface area contributed by atoms with Crippen LogP contribution in [0.2, 0.25) is 0 Å². The van der Waals surface area contributed by atoms with E-state index in [1.165, 1.54) is 0 Å². The molecule has 17 heavy (non-hydrogen) atoms. The zero-order valence-corrected chi connectivity index (χ0v) is 10.6. The molecule has 0 fully saturated rings. The topological polar surface area (TPSA) is 48.7 Å². The Balaban J connectivity index is 2.10. The fourth-order valence-electron chi connectivity index (χ4n) is 1.47. The number of halogens is 1. The summed E-state index contributed by atoms with van der Waals surface area (Å²) < 4.78 is 1.04. The minimum Gasteiger partial charge on any atom is -0.365 e. The van der Waals surface area contributed by atoms with E-state index in [1.807, 2.05) is 24.3 Å². The van der Waals surface area contributed by atoms with Crippen molar-refractivity contribution in [3.63, 3.8) is 0 Å². The highest BCUT2D eigenvalue weighted by atomic mass is 79.9. The number of pyridine rings is 1. The average molecular weight is 288 g/mol. The van der Waals surface area contributed by atoms with Gasteiger partial charge in [-0.25, -0.2) is 4.98 Å². The number of nitriles is 1. The lowest BCUT2D eigenvalue weighted by Crippen LogP contribution is -2.03. The van der Waals surface area contributed by atoms with Crippen molar-refractivity contribution in [1.82, 2.24) is 4.98 Å². The summed E-state index contributed by atoms with van der Waals surface area (Å²) in [6.07, 6.45) is 1.67. The van der Waals surface area contributed by atoms with Gasteiger partial charge in [-0.15, -0.1) is 0 Å². The molecule has 0 aliphatic carbocycles. The molecule has 1 heterocycles. The van der Waals surface area contributed by atoms with Gasteiger partial charge in [-0.3, -0.25) is 0 Å². The SMILES string of the molecule is N#Cc1cccnc1NCc1cccc(Br)c1. The minimum atomic E-state index is 0.558. The van der Waals surface area contributed by atoms with Gasteiger partial charge in [-0.05, 0) is 29.8 Å². The highest BCUT2D eigenvalue weighted by Crippen LogP contribution is 2.14. The second-order valence-electron chi connectivity index (χ2n) is 3.49. The van der Waals surface area contributed by atoms with Crippen molar-refractivity contribution in [2.45, 2.75) is 6.54 Å². The molecule has 0 aliphatic heterocycles. The summed E-state index contributed by atoms with van der Waals surface area (Å²) in [5, 5.41) is 12.1. The summed E-state index contributed by atoms with van der Waals surface area (Å²) in [6, 6.07) is 13.6. The molecule has 0 unspecified atom stereocenters. The van der Waals surface area contributed by atoms with Crippen LogP contribution in [-0.4, -0.2) is 4.98 Å². The van der Waals surface area contributed by atoms with Crippen LogP contribution in [0.25, 0.3) is 0 Å². The fraction of sp³-hybridized carbons (Fsp3) is 0.0769. The third-order valence-electron chi connectivity index (χ3n) is 2.28. The molecule has 0 spiro atoms. The zero-order chi connectivity index (χ0) is 12.1. The van der Waals surface area contributed by atoms with Crippen molar-refractivity contribution in [2.75, 3.05) is 5.32 Å². The Morgan fingerprint density at radius 1 is 1.29 bits per heavy atom. The number of rotatable bonds is 3. The van der Waals surface area contributed by atoms with Gasteiger partial charge in [0.2, 0.25) is 0 Å². The third kappa shape index (κ3) is 3.05. The predicted octanol–water partition coefficient (Wildman–Crippen LogP) is 3.33. The maximum atomic E-state index is 8.92. The Morgan fingerprint density at radius 3 is 2.94 bits per heavy atom. The number of hydrogen-bond acceptors (Lipinski definition) is 3. The van der Waals surface area contributed by atoms with Crippen molar-refractivity contribution >= 4 is 21.7 Å². The number of aromatic nitrogens is 1. The van der Waals surface area contributed by atoms with Crippen LogP contribution in [0.3, 0.4) is 0 Å². The van der Waals surface area contributed by atoms with E-state index in [1.54, 1.807) is 18.3 Å². The van der Waals surface area contributed by atoms with Gasteiger partial charge in [0.25, 0.3) is 0 Å². The third-order valence-corrected chi connectivity index (χ3v) is 2.77. The molecule has 2 aromatic rings. The number of nitrogens with zero attached hydrogens (tertiary/aromatic N) is 2. The summed E-state index contributed by atoms with van der Waals surface area (Å²) in [4.78, 5) is 4.14. The molecule has 0 saturated heterocycles. The van der Waals surface area contributed by atoms with Gasteiger partial charge in [-0.1, -0.05) is 28.1 Å². The molecule has 0 bridgehead atoms. The molecule has 0 saturated carbocycles. The van der Waals surface area contributed by atoms with Crippen LogP contribution in [0.5, 0.6) is 0 Å². The Bertz CT molecular complexity index is 561. The maximum Gasteiger partial charge on any atom is 0.144 e. The zero-order valence-electron chi connectivity index (χ0n) is 9.02. The molecule has 1 aromatic heterocycles. The number of nitrogens with one attached hydrogen (secondary N) is 1. The van der Waals surface area contributed by atoms with Crippen LogP contribution in [-0.2, 0) is 6.54 Å². The Labute approximate surface area is 108 Å². The predicted molar refractivity (Wildman–Crippen MR) is 70.4 cm³/mol. The highest BCUT2D eigenvalue weighted by molar-refractivity contribution is 9.10. The molecule has 1 aromatic carbocycles. The Hall–Kier alpha value is -1.86. The van der Waals surface area contributed by atoms with Crippen molar-refractivity contribution in [1.29, 1.82) is 5.26 Å². The molecule has 0 amide bonds. The summed E-state index contributed by atoms with van der Waals surface area (Å²) >= 11 is 3.42. The smallest absolute Gasteiger partial charge is 0.144 e. The van der Waals surface area contributed by atoms with E-state index in [2.05, 4.69) is 32.3 Å². The molecular formula is C13H10BrN3. The standard InChI is InChI=1S/C13H10BrN3/c14-12-5-1-3-10(7-12)9-17-13-11(8-15)4-2-6-16-13/h1-7H,9H2,(H,16,17). The molecule has 0 radical (unpaired) electrons. The van der Waals surface area contributed by atoms with Crippen molar-refractivity contribution < 1.29 is 0 Å². The van der Waals surface area contributed by atoms with Crippen molar-refractivity contribution in [2.24, 2.45) is 0 Å². The lowest BCUT2D eigenvalue weighted by Gasteiger charge is -2.07. The minimum absolute atomic E-state index is 0.558.